The molecule has 4 atom stereocenters. The Morgan fingerprint density at radius 2 is 2.03 bits per heavy atom. The van der Waals surface area contributed by atoms with Crippen molar-refractivity contribution in [2.24, 2.45) is 5.92 Å². The zero-order valence-electron chi connectivity index (χ0n) is 21.7. The molecule has 0 bridgehead atoms. The Labute approximate surface area is 231 Å². The molecule has 38 heavy (non-hydrogen) atoms. The number of nitrogens with one attached hydrogen (secondary N) is 3. The number of aliphatic hydroxyl groups is 1. The fraction of sp³-hybridized carbons (Fsp3) is 0.560. The molecule has 2 aliphatic rings. The van der Waals surface area contributed by atoms with Gasteiger partial charge in [0, 0.05) is 48.6 Å². The lowest BCUT2D eigenvalue weighted by Crippen LogP contribution is -2.57. The Kier molecular flexibility index (Phi) is 9.32. The van der Waals surface area contributed by atoms with Crippen molar-refractivity contribution in [2.75, 3.05) is 32.5 Å². The Bertz CT molecular complexity index is 1160. The Morgan fingerprint density at radius 3 is 2.74 bits per heavy atom. The van der Waals surface area contributed by atoms with Crippen LogP contribution in [0.4, 0.5) is 5.82 Å². The summed E-state index contributed by atoms with van der Waals surface area (Å²) in [6.45, 7) is 4.29. The van der Waals surface area contributed by atoms with Crippen LogP contribution in [-0.4, -0.2) is 88.1 Å². The maximum Gasteiger partial charge on any atom is 0.314 e. The van der Waals surface area contributed by atoms with Gasteiger partial charge in [-0.25, -0.2) is 9.97 Å². The summed E-state index contributed by atoms with van der Waals surface area (Å²) in [5, 5.41) is 19.9. The minimum Gasteiger partial charge on any atom is -0.378 e. The van der Waals surface area contributed by atoms with Crippen molar-refractivity contribution in [1.82, 2.24) is 30.4 Å². The van der Waals surface area contributed by atoms with Gasteiger partial charge >= 0.3 is 11.8 Å². The number of anilines is 1. The number of amides is 3. The van der Waals surface area contributed by atoms with Crippen LogP contribution in [-0.2, 0) is 22.6 Å². The summed E-state index contributed by atoms with van der Waals surface area (Å²) in [4.78, 5) is 52.2. The lowest BCUT2D eigenvalue weighted by atomic mass is 9.80. The topological polar surface area (TPSA) is 140 Å². The van der Waals surface area contributed by atoms with Gasteiger partial charge in [0.1, 0.15) is 12.0 Å². The van der Waals surface area contributed by atoms with E-state index in [4.69, 9.17) is 11.6 Å². The Balaban J connectivity index is 1.46. The van der Waals surface area contributed by atoms with E-state index in [2.05, 4.69) is 30.8 Å². The largest absolute Gasteiger partial charge is 0.378 e. The Morgan fingerprint density at radius 1 is 1.24 bits per heavy atom. The van der Waals surface area contributed by atoms with E-state index in [-0.39, 0.29) is 17.6 Å². The summed E-state index contributed by atoms with van der Waals surface area (Å²) < 4.78 is 0. The van der Waals surface area contributed by atoms with Gasteiger partial charge in [0.15, 0.2) is 5.01 Å². The fourth-order valence-corrected chi connectivity index (χ4v) is 6.06. The second kappa shape index (κ2) is 12.5. The molecule has 4 rings (SSSR count). The molecule has 3 heterocycles. The minimum atomic E-state index is -0.866. The molecule has 0 spiro atoms. The standard InChI is InChI=1S/C25H34ClN7O4S/c1-4-33(3)25(37)14-5-7-16(28-21(34)22(35)31-20-8-6-15(26)12-27-20)18(11-14)29-23(36)24-30-17-9-10-32(2)13-19(17)38-24/h6,8,12,14,16,18,25,37H,4-5,7,9-11,13H2,1-3H3,(H,28,34)(H,29,36)(H,27,31,35)/t14-,16-,18+,25?/m0/s1. The third kappa shape index (κ3) is 6.86. The predicted octanol–water partition coefficient (Wildman–Crippen LogP) is 1.47. The molecule has 0 radical (unpaired) electrons. The van der Waals surface area contributed by atoms with Crippen molar-refractivity contribution in [1.29, 1.82) is 0 Å². The zero-order chi connectivity index (χ0) is 27.4. The van der Waals surface area contributed by atoms with E-state index in [1.807, 2.05) is 25.9 Å². The quantitative estimate of drug-likeness (QED) is 0.293. The van der Waals surface area contributed by atoms with Gasteiger partial charge in [-0.2, -0.15) is 0 Å². The van der Waals surface area contributed by atoms with E-state index in [0.717, 1.165) is 30.1 Å². The fourth-order valence-electron chi connectivity index (χ4n) is 4.86. The van der Waals surface area contributed by atoms with Crippen molar-refractivity contribution < 1.29 is 19.5 Å². The van der Waals surface area contributed by atoms with Gasteiger partial charge in [0.2, 0.25) is 0 Å². The number of carbonyl (C=O) groups excluding carboxylic acids is 3. The average molecular weight is 564 g/mol. The van der Waals surface area contributed by atoms with Gasteiger partial charge in [-0.15, -0.1) is 11.3 Å². The molecule has 1 unspecified atom stereocenters. The summed E-state index contributed by atoms with van der Waals surface area (Å²) in [6.07, 6.45) is 3.04. The third-order valence-corrected chi connectivity index (χ3v) is 8.49. The van der Waals surface area contributed by atoms with Gasteiger partial charge in [0.05, 0.1) is 10.7 Å². The van der Waals surface area contributed by atoms with Crippen LogP contribution in [0.5, 0.6) is 0 Å². The van der Waals surface area contributed by atoms with Gasteiger partial charge in [-0.1, -0.05) is 18.5 Å². The highest BCUT2D eigenvalue weighted by molar-refractivity contribution is 7.13. The zero-order valence-corrected chi connectivity index (χ0v) is 23.3. The number of hydrogen-bond acceptors (Lipinski definition) is 9. The van der Waals surface area contributed by atoms with Crippen molar-refractivity contribution in [3.05, 3.63) is 38.9 Å². The molecule has 11 nitrogen and oxygen atoms in total. The number of carbonyl (C=O) groups is 3. The van der Waals surface area contributed by atoms with Crippen LogP contribution in [0.15, 0.2) is 18.3 Å². The van der Waals surface area contributed by atoms with E-state index < -0.39 is 30.1 Å². The number of hydrogen-bond donors (Lipinski definition) is 4. The molecule has 206 valence electrons. The molecule has 3 amide bonds. The van der Waals surface area contributed by atoms with Crippen LogP contribution in [0, 0.1) is 5.92 Å². The Hall–Kier alpha value is -2.64. The van der Waals surface area contributed by atoms with E-state index in [9.17, 15) is 19.5 Å². The first-order valence-electron chi connectivity index (χ1n) is 12.7. The molecule has 1 saturated carbocycles. The molecule has 0 saturated heterocycles. The molecule has 1 aliphatic heterocycles. The second-order valence-electron chi connectivity index (χ2n) is 9.91. The molecule has 13 heteroatoms. The number of likely N-dealkylation sites (N-methyl/N-ethyl adjacent to an activating group) is 1. The first-order chi connectivity index (χ1) is 18.1. The third-order valence-electron chi connectivity index (χ3n) is 7.19. The number of nitrogens with zero attached hydrogens (tertiary/aromatic N) is 4. The van der Waals surface area contributed by atoms with Gasteiger partial charge < -0.3 is 26.0 Å². The number of fused-ring (bicyclic) bond motifs is 1. The van der Waals surface area contributed by atoms with E-state index in [1.165, 1.54) is 23.6 Å². The normalized spacial score (nSPS) is 22.4. The molecule has 2 aromatic heterocycles. The van der Waals surface area contributed by atoms with Crippen molar-refractivity contribution in [3.63, 3.8) is 0 Å². The molecule has 0 aromatic carbocycles. The van der Waals surface area contributed by atoms with Crippen LogP contribution in [0.2, 0.25) is 5.02 Å². The SMILES string of the molecule is CCN(C)C(O)[C@H]1CC[C@H](NC(=O)C(=O)Nc2ccc(Cl)cn2)[C@H](NC(=O)c2nc3c(s2)CN(C)CC3)C1. The maximum absolute atomic E-state index is 13.3. The summed E-state index contributed by atoms with van der Waals surface area (Å²) in [7, 11) is 3.88. The monoisotopic (exact) mass is 563 g/mol. The van der Waals surface area contributed by atoms with E-state index in [0.29, 0.717) is 35.8 Å². The molecule has 1 fully saturated rings. The summed E-state index contributed by atoms with van der Waals surface area (Å²) >= 11 is 7.21. The predicted molar refractivity (Wildman–Crippen MR) is 145 cm³/mol. The number of rotatable bonds is 7. The van der Waals surface area contributed by atoms with Crippen LogP contribution in [0.1, 0.15) is 46.6 Å². The number of thiazole rings is 1. The van der Waals surface area contributed by atoms with Gasteiger partial charge in [-0.3, -0.25) is 19.3 Å². The van der Waals surface area contributed by atoms with Crippen LogP contribution in [0.25, 0.3) is 0 Å². The summed E-state index contributed by atoms with van der Waals surface area (Å²) in [5.74, 6) is -1.92. The van der Waals surface area contributed by atoms with Crippen molar-refractivity contribution >= 4 is 46.5 Å². The maximum atomic E-state index is 13.3. The van der Waals surface area contributed by atoms with E-state index >= 15 is 0 Å². The molecule has 4 N–H and O–H groups in total. The number of pyridine rings is 1. The van der Waals surface area contributed by atoms with Crippen LogP contribution < -0.4 is 16.0 Å². The highest BCUT2D eigenvalue weighted by Crippen LogP contribution is 2.30. The van der Waals surface area contributed by atoms with Crippen LogP contribution in [0.3, 0.4) is 0 Å². The second-order valence-corrected chi connectivity index (χ2v) is 11.4. The number of halogens is 1. The van der Waals surface area contributed by atoms with Crippen molar-refractivity contribution in [2.45, 2.75) is 57.5 Å². The first-order valence-corrected chi connectivity index (χ1v) is 13.9. The van der Waals surface area contributed by atoms with Crippen molar-refractivity contribution in [3.8, 4) is 0 Å². The molecular formula is C25H34ClN7O4S. The molecule has 2 aromatic rings. The summed E-state index contributed by atoms with van der Waals surface area (Å²) in [6, 6.07) is 2.07. The van der Waals surface area contributed by atoms with Gasteiger partial charge in [-0.05, 0) is 52.0 Å². The van der Waals surface area contributed by atoms with Gasteiger partial charge in [0.25, 0.3) is 5.91 Å². The highest BCUT2D eigenvalue weighted by Gasteiger charge is 2.38. The minimum absolute atomic E-state index is 0.108. The molecule has 1 aliphatic carbocycles. The number of aliphatic hydroxyl groups excluding tert-OH is 1. The number of aromatic nitrogens is 2. The van der Waals surface area contributed by atoms with Crippen LogP contribution >= 0.6 is 22.9 Å². The first kappa shape index (κ1) is 28.4. The lowest BCUT2D eigenvalue weighted by molar-refractivity contribution is -0.137. The lowest BCUT2D eigenvalue weighted by Gasteiger charge is -2.40. The average Bonchev–Trinajstić information content (AvgIpc) is 3.33. The highest BCUT2D eigenvalue weighted by atomic mass is 35.5. The molecular weight excluding hydrogens is 530 g/mol. The van der Waals surface area contributed by atoms with E-state index in [1.54, 1.807) is 6.07 Å². The smallest absolute Gasteiger partial charge is 0.314 e. The summed E-state index contributed by atoms with van der Waals surface area (Å²) in [5.41, 5.74) is 0.956.